The highest BCUT2D eigenvalue weighted by molar-refractivity contribution is 7.99. The normalized spacial score (nSPS) is 18.1. The van der Waals surface area contributed by atoms with E-state index in [1.807, 2.05) is 55.3 Å². The summed E-state index contributed by atoms with van der Waals surface area (Å²) in [5.41, 5.74) is 2.54. The zero-order chi connectivity index (χ0) is 22.6. The molecule has 0 aromatic carbocycles. The zero-order valence-corrected chi connectivity index (χ0v) is 20.0. The molecule has 2 atom stereocenters. The molecule has 2 aromatic heterocycles. The van der Waals surface area contributed by atoms with E-state index < -0.39 is 11.7 Å². The quantitative estimate of drug-likeness (QED) is 0.721. The zero-order valence-electron chi connectivity index (χ0n) is 19.2. The number of amides is 2. The molecule has 3 rings (SSSR count). The third kappa shape index (κ3) is 6.63. The number of nitrogens with zero attached hydrogens (tertiary/aromatic N) is 3. The van der Waals surface area contributed by atoms with Gasteiger partial charge in [-0.3, -0.25) is 4.79 Å². The Balaban J connectivity index is 1.53. The van der Waals surface area contributed by atoms with Gasteiger partial charge in [0, 0.05) is 30.7 Å². The highest BCUT2D eigenvalue weighted by Gasteiger charge is 2.32. The first-order valence-corrected chi connectivity index (χ1v) is 12.1. The largest absolute Gasteiger partial charge is 0.444 e. The Morgan fingerprint density at radius 3 is 2.81 bits per heavy atom. The lowest BCUT2D eigenvalue weighted by atomic mass is 9.96. The molecule has 1 saturated heterocycles. The molecule has 0 radical (unpaired) electrons. The first-order chi connectivity index (χ1) is 14.6. The molecule has 1 N–H and O–H groups in total. The van der Waals surface area contributed by atoms with Gasteiger partial charge in [0.2, 0.25) is 5.91 Å². The van der Waals surface area contributed by atoms with E-state index in [0.29, 0.717) is 11.5 Å². The maximum atomic E-state index is 13.0. The van der Waals surface area contributed by atoms with Crippen molar-refractivity contribution < 1.29 is 14.3 Å². The van der Waals surface area contributed by atoms with Crippen LogP contribution in [0.15, 0.2) is 24.5 Å². The smallest absolute Gasteiger partial charge is 0.407 e. The minimum absolute atomic E-state index is 0.00691. The van der Waals surface area contributed by atoms with Crippen molar-refractivity contribution in [2.24, 2.45) is 0 Å². The fraction of sp³-hybridized carbons (Fsp3) is 0.609. The molecule has 31 heavy (non-hydrogen) atoms. The van der Waals surface area contributed by atoms with Crippen molar-refractivity contribution in [3.63, 3.8) is 0 Å². The van der Waals surface area contributed by atoms with Gasteiger partial charge in [0.1, 0.15) is 11.2 Å². The van der Waals surface area contributed by atoms with E-state index >= 15 is 0 Å². The van der Waals surface area contributed by atoms with Crippen LogP contribution in [0.25, 0.3) is 5.65 Å². The number of imidazole rings is 1. The number of carbonyl (C=O) groups excluding carboxylic acids is 2. The molecule has 2 unspecified atom stereocenters. The fourth-order valence-corrected chi connectivity index (χ4v) is 4.72. The van der Waals surface area contributed by atoms with Crippen molar-refractivity contribution in [1.82, 2.24) is 19.6 Å². The highest BCUT2D eigenvalue weighted by Crippen LogP contribution is 2.22. The van der Waals surface area contributed by atoms with Crippen LogP contribution in [0, 0.1) is 6.92 Å². The van der Waals surface area contributed by atoms with Gasteiger partial charge in [-0.2, -0.15) is 0 Å². The van der Waals surface area contributed by atoms with Crippen LogP contribution in [0.4, 0.5) is 4.79 Å². The van der Waals surface area contributed by atoms with Gasteiger partial charge in [0.25, 0.3) is 0 Å². The average Bonchev–Trinajstić information content (AvgIpc) is 3.08. The molecule has 0 bridgehead atoms. The lowest BCUT2D eigenvalue weighted by molar-refractivity contribution is -0.132. The summed E-state index contributed by atoms with van der Waals surface area (Å²) in [5.74, 6) is 1.21. The Morgan fingerprint density at radius 2 is 2.06 bits per heavy atom. The van der Waals surface area contributed by atoms with Crippen LogP contribution in [0.5, 0.6) is 0 Å². The monoisotopic (exact) mass is 446 g/mol. The lowest BCUT2D eigenvalue weighted by Gasteiger charge is -2.39. The fourth-order valence-electron chi connectivity index (χ4n) is 3.93. The SMILES string of the molecule is Cc1ccc2nc(CSCC(=O)N3CCCCC3C(C)NC(=O)OC(C)(C)C)cn2c1. The van der Waals surface area contributed by atoms with Crippen molar-refractivity contribution >= 4 is 29.4 Å². The molecule has 2 amide bonds. The molecule has 170 valence electrons. The summed E-state index contributed by atoms with van der Waals surface area (Å²) in [4.78, 5) is 31.7. The summed E-state index contributed by atoms with van der Waals surface area (Å²) >= 11 is 1.58. The van der Waals surface area contributed by atoms with Crippen molar-refractivity contribution in [2.45, 2.75) is 77.3 Å². The number of carbonyl (C=O) groups is 2. The standard InChI is InChI=1S/C23H34N4O3S/c1-16-9-10-20-25-18(13-26(20)12-16)14-31-15-21(28)27-11-7-6-8-19(27)17(2)24-22(29)30-23(3,4)5/h9-10,12-13,17,19H,6-8,11,14-15H2,1-5H3,(H,24,29). The molecule has 0 saturated carbocycles. The van der Waals surface area contributed by atoms with Gasteiger partial charge in [-0.1, -0.05) is 6.07 Å². The number of rotatable bonds is 6. The third-order valence-corrected chi connectivity index (χ3v) is 6.27. The second-order valence-corrected chi connectivity index (χ2v) is 10.3. The van der Waals surface area contributed by atoms with Crippen LogP contribution in [-0.4, -0.2) is 56.3 Å². The average molecular weight is 447 g/mol. The van der Waals surface area contributed by atoms with E-state index in [1.54, 1.807) is 11.8 Å². The van der Waals surface area contributed by atoms with Crippen molar-refractivity contribution in [3.05, 3.63) is 35.8 Å². The van der Waals surface area contributed by atoms with Gasteiger partial charge in [0.15, 0.2) is 0 Å². The van der Waals surface area contributed by atoms with Crippen LogP contribution in [-0.2, 0) is 15.3 Å². The number of hydrogen-bond donors (Lipinski definition) is 1. The van der Waals surface area contributed by atoms with Crippen LogP contribution in [0.3, 0.4) is 0 Å². The number of pyridine rings is 1. The summed E-state index contributed by atoms with van der Waals surface area (Å²) in [6, 6.07) is 3.89. The van der Waals surface area contributed by atoms with E-state index in [2.05, 4.69) is 23.4 Å². The minimum atomic E-state index is -0.543. The molecule has 1 fully saturated rings. The summed E-state index contributed by atoms with van der Waals surface area (Å²) in [5, 5.41) is 2.92. The van der Waals surface area contributed by atoms with Crippen LogP contribution < -0.4 is 5.32 Å². The summed E-state index contributed by atoms with van der Waals surface area (Å²) in [6.45, 7) is 10.3. The number of aromatic nitrogens is 2. The second kappa shape index (κ2) is 9.94. The second-order valence-electron chi connectivity index (χ2n) is 9.28. The van der Waals surface area contributed by atoms with Crippen LogP contribution in [0.1, 0.15) is 58.2 Å². The Hall–Kier alpha value is -2.22. The highest BCUT2D eigenvalue weighted by atomic mass is 32.2. The van der Waals surface area contributed by atoms with Crippen molar-refractivity contribution in [2.75, 3.05) is 12.3 Å². The first kappa shape index (κ1) is 23.4. The third-order valence-electron chi connectivity index (χ3n) is 5.32. The molecule has 7 nitrogen and oxygen atoms in total. The summed E-state index contributed by atoms with van der Waals surface area (Å²) in [6.07, 6.45) is 6.59. The molecule has 2 aromatic rings. The van der Waals surface area contributed by atoms with Crippen molar-refractivity contribution in [3.8, 4) is 0 Å². The summed E-state index contributed by atoms with van der Waals surface area (Å²) < 4.78 is 7.40. The predicted octanol–water partition coefficient (Wildman–Crippen LogP) is 4.17. The lowest BCUT2D eigenvalue weighted by Crippen LogP contribution is -2.55. The van der Waals surface area contributed by atoms with Gasteiger partial charge < -0.3 is 19.4 Å². The Morgan fingerprint density at radius 1 is 1.29 bits per heavy atom. The van der Waals surface area contributed by atoms with Gasteiger partial charge in [0.05, 0.1) is 17.5 Å². The molecule has 1 aliphatic heterocycles. The van der Waals surface area contributed by atoms with Gasteiger partial charge in [-0.05, 0) is 65.5 Å². The van der Waals surface area contributed by atoms with E-state index in [4.69, 9.17) is 4.74 Å². The molecule has 0 aliphatic carbocycles. The predicted molar refractivity (Wildman–Crippen MR) is 124 cm³/mol. The Bertz CT molecular complexity index is 921. The number of aryl methyl sites for hydroxylation is 1. The Labute approximate surface area is 188 Å². The molecule has 0 spiro atoms. The van der Waals surface area contributed by atoms with Gasteiger partial charge in [-0.25, -0.2) is 9.78 Å². The van der Waals surface area contributed by atoms with E-state index in [9.17, 15) is 9.59 Å². The Kier molecular flexibility index (Phi) is 7.51. The number of likely N-dealkylation sites (tertiary alicyclic amines) is 1. The topological polar surface area (TPSA) is 75.9 Å². The molecular formula is C23H34N4O3S. The number of ether oxygens (including phenoxy) is 1. The van der Waals surface area contributed by atoms with E-state index in [1.165, 1.54) is 5.56 Å². The minimum Gasteiger partial charge on any atom is -0.444 e. The summed E-state index contributed by atoms with van der Waals surface area (Å²) in [7, 11) is 0. The molecule has 8 heteroatoms. The van der Waals surface area contributed by atoms with Crippen LogP contribution >= 0.6 is 11.8 Å². The first-order valence-electron chi connectivity index (χ1n) is 10.9. The van der Waals surface area contributed by atoms with Crippen LogP contribution in [0.2, 0.25) is 0 Å². The number of alkyl carbamates (subject to hydrolysis) is 1. The van der Waals surface area contributed by atoms with Gasteiger partial charge in [-0.15, -0.1) is 11.8 Å². The number of piperidine rings is 1. The molecule has 3 heterocycles. The van der Waals surface area contributed by atoms with E-state index in [-0.39, 0.29) is 18.0 Å². The molecule has 1 aliphatic rings. The van der Waals surface area contributed by atoms with Gasteiger partial charge >= 0.3 is 6.09 Å². The number of hydrogen-bond acceptors (Lipinski definition) is 5. The maximum Gasteiger partial charge on any atom is 0.407 e. The number of thioether (sulfide) groups is 1. The van der Waals surface area contributed by atoms with Crippen molar-refractivity contribution in [1.29, 1.82) is 0 Å². The molecular weight excluding hydrogens is 412 g/mol. The number of fused-ring (bicyclic) bond motifs is 1. The van der Waals surface area contributed by atoms with E-state index in [0.717, 1.165) is 37.1 Å². The maximum absolute atomic E-state index is 13.0. The number of nitrogens with one attached hydrogen (secondary N) is 1.